The summed E-state index contributed by atoms with van der Waals surface area (Å²) in [5.74, 6) is 0.888. The molecule has 0 spiro atoms. The van der Waals surface area contributed by atoms with Gasteiger partial charge in [-0.15, -0.1) is 0 Å². The standard InChI is InChI=1S/C11H15N5O/c1-2-3-4-8(12)11-15-10(16-17-11)9-7-13-5-6-14-9/h5-8H,2-4,12H2,1H3. The lowest BCUT2D eigenvalue weighted by Gasteiger charge is -2.03. The molecule has 0 amide bonds. The van der Waals surface area contributed by atoms with Gasteiger partial charge in [-0.3, -0.25) is 4.98 Å². The van der Waals surface area contributed by atoms with Crippen LogP contribution in [-0.4, -0.2) is 20.1 Å². The fourth-order valence-electron chi connectivity index (χ4n) is 1.45. The summed E-state index contributed by atoms with van der Waals surface area (Å²) in [6.45, 7) is 2.12. The Bertz CT molecular complexity index is 456. The van der Waals surface area contributed by atoms with Crippen molar-refractivity contribution in [3.05, 3.63) is 24.5 Å². The number of aromatic nitrogens is 4. The molecule has 2 aromatic rings. The summed E-state index contributed by atoms with van der Waals surface area (Å²) in [5, 5.41) is 3.85. The van der Waals surface area contributed by atoms with E-state index >= 15 is 0 Å². The molecule has 2 aromatic heterocycles. The first-order chi connectivity index (χ1) is 8.31. The Morgan fingerprint density at radius 3 is 3.00 bits per heavy atom. The maximum absolute atomic E-state index is 5.94. The fourth-order valence-corrected chi connectivity index (χ4v) is 1.45. The topological polar surface area (TPSA) is 90.7 Å². The molecule has 0 aliphatic carbocycles. The van der Waals surface area contributed by atoms with Crippen molar-refractivity contribution < 1.29 is 4.52 Å². The summed E-state index contributed by atoms with van der Waals surface area (Å²) in [7, 11) is 0. The number of hydrogen-bond acceptors (Lipinski definition) is 6. The van der Waals surface area contributed by atoms with E-state index in [-0.39, 0.29) is 6.04 Å². The molecule has 0 aliphatic heterocycles. The van der Waals surface area contributed by atoms with Crippen molar-refractivity contribution in [3.8, 4) is 11.5 Å². The van der Waals surface area contributed by atoms with Crippen LogP contribution in [0.5, 0.6) is 0 Å². The molecule has 0 aliphatic rings. The van der Waals surface area contributed by atoms with Crippen LogP contribution < -0.4 is 5.73 Å². The largest absolute Gasteiger partial charge is 0.337 e. The summed E-state index contributed by atoms with van der Waals surface area (Å²) >= 11 is 0. The Hall–Kier alpha value is -1.82. The van der Waals surface area contributed by atoms with Gasteiger partial charge in [0.2, 0.25) is 11.7 Å². The molecule has 90 valence electrons. The van der Waals surface area contributed by atoms with E-state index in [1.54, 1.807) is 18.6 Å². The van der Waals surface area contributed by atoms with Crippen LogP contribution in [-0.2, 0) is 0 Å². The van der Waals surface area contributed by atoms with Crippen molar-refractivity contribution >= 4 is 0 Å². The third-order valence-corrected chi connectivity index (χ3v) is 2.42. The first-order valence-electron chi connectivity index (χ1n) is 5.67. The van der Waals surface area contributed by atoms with Crippen LogP contribution in [0.25, 0.3) is 11.5 Å². The van der Waals surface area contributed by atoms with Gasteiger partial charge < -0.3 is 10.3 Å². The number of rotatable bonds is 5. The van der Waals surface area contributed by atoms with Crippen LogP contribution in [0.1, 0.15) is 38.1 Å². The molecule has 0 fully saturated rings. The fraction of sp³-hybridized carbons (Fsp3) is 0.455. The van der Waals surface area contributed by atoms with Crippen molar-refractivity contribution in [1.82, 2.24) is 20.1 Å². The zero-order valence-electron chi connectivity index (χ0n) is 9.71. The maximum Gasteiger partial charge on any atom is 0.243 e. The van der Waals surface area contributed by atoms with Crippen LogP contribution in [0.2, 0.25) is 0 Å². The van der Waals surface area contributed by atoms with Crippen molar-refractivity contribution in [2.75, 3.05) is 0 Å². The highest BCUT2D eigenvalue weighted by molar-refractivity contribution is 5.45. The van der Waals surface area contributed by atoms with E-state index in [4.69, 9.17) is 10.3 Å². The van der Waals surface area contributed by atoms with Crippen LogP contribution in [0, 0.1) is 0 Å². The lowest BCUT2D eigenvalue weighted by atomic mass is 10.1. The molecule has 2 N–H and O–H groups in total. The van der Waals surface area contributed by atoms with Gasteiger partial charge in [-0.1, -0.05) is 24.9 Å². The first-order valence-corrected chi connectivity index (χ1v) is 5.67. The minimum absolute atomic E-state index is 0.201. The zero-order chi connectivity index (χ0) is 12.1. The second-order valence-corrected chi connectivity index (χ2v) is 3.80. The molecule has 2 rings (SSSR count). The number of nitrogens with zero attached hydrogens (tertiary/aromatic N) is 4. The molecule has 0 saturated carbocycles. The van der Waals surface area contributed by atoms with Crippen LogP contribution >= 0.6 is 0 Å². The molecular formula is C11H15N5O. The normalized spacial score (nSPS) is 12.6. The van der Waals surface area contributed by atoms with E-state index in [1.165, 1.54) is 0 Å². The highest BCUT2D eigenvalue weighted by atomic mass is 16.5. The predicted octanol–water partition coefficient (Wildman–Crippen LogP) is 1.72. The highest BCUT2D eigenvalue weighted by Gasteiger charge is 2.15. The Kier molecular flexibility index (Phi) is 3.77. The van der Waals surface area contributed by atoms with E-state index in [2.05, 4.69) is 27.0 Å². The van der Waals surface area contributed by atoms with Crippen molar-refractivity contribution in [2.45, 2.75) is 32.2 Å². The molecule has 0 saturated heterocycles. The van der Waals surface area contributed by atoms with Crippen molar-refractivity contribution in [3.63, 3.8) is 0 Å². The molecular weight excluding hydrogens is 218 g/mol. The molecule has 0 bridgehead atoms. The van der Waals surface area contributed by atoms with E-state index in [0.29, 0.717) is 17.4 Å². The smallest absolute Gasteiger partial charge is 0.243 e. The Morgan fingerprint density at radius 2 is 2.29 bits per heavy atom. The van der Waals surface area contributed by atoms with Crippen molar-refractivity contribution in [2.24, 2.45) is 5.73 Å². The van der Waals surface area contributed by atoms with E-state index in [9.17, 15) is 0 Å². The second kappa shape index (κ2) is 5.49. The van der Waals surface area contributed by atoms with Crippen LogP contribution in [0.4, 0.5) is 0 Å². The Labute approximate surface area is 99.3 Å². The Balaban J connectivity index is 2.11. The van der Waals surface area contributed by atoms with E-state index in [0.717, 1.165) is 19.3 Å². The SMILES string of the molecule is CCCCC(N)c1nc(-c2cnccn2)no1. The molecule has 6 nitrogen and oxygen atoms in total. The van der Waals surface area contributed by atoms with Gasteiger partial charge in [0.05, 0.1) is 12.2 Å². The maximum atomic E-state index is 5.94. The molecule has 1 unspecified atom stereocenters. The molecule has 0 aromatic carbocycles. The third-order valence-electron chi connectivity index (χ3n) is 2.42. The van der Waals surface area contributed by atoms with E-state index in [1.807, 2.05) is 0 Å². The quantitative estimate of drug-likeness (QED) is 0.845. The molecule has 6 heteroatoms. The molecule has 17 heavy (non-hydrogen) atoms. The van der Waals surface area contributed by atoms with Gasteiger partial charge in [-0.05, 0) is 6.42 Å². The highest BCUT2D eigenvalue weighted by Crippen LogP contribution is 2.18. The minimum atomic E-state index is -0.201. The molecule has 0 radical (unpaired) electrons. The summed E-state index contributed by atoms with van der Waals surface area (Å²) in [6.07, 6.45) is 7.76. The van der Waals surface area contributed by atoms with Crippen LogP contribution in [0.3, 0.4) is 0 Å². The van der Waals surface area contributed by atoms with Gasteiger partial charge >= 0.3 is 0 Å². The monoisotopic (exact) mass is 233 g/mol. The van der Waals surface area contributed by atoms with Gasteiger partial charge in [0.15, 0.2) is 0 Å². The lowest BCUT2D eigenvalue weighted by molar-refractivity contribution is 0.346. The average Bonchev–Trinajstić information content (AvgIpc) is 2.86. The predicted molar refractivity (Wildman–Crippen MR) is 61.8 cm³/mol. The van der Waals surface area contributed by atoms with Gasteiger partial charge in [0.1, 0.15) is 5.69 Å². The second-order valence-electron chi connectivity index (χ2n) is 3.80. The van der Waals surface area contributed by atoms with Gasteiger partial charge in [0, 0.05) is 12.4 Å². The zero-order valence-corrected chi connectivity index (χ0v) is 9.71. The minimum Gasteiger partial charge on any atom is -0.337 e. The number of unbranched alkanes of at least 4 members (excludes halogenated alkanes) is 1. The van der Waals surface area contributed by atoms with Gasteiger partial charge in [0.25, 0.3) is 0 Å². The van der Waals surface area contributed by atoms with Crippen molar-refractivity contribution in [1.29, 1.82) is 0 Å². The lowest BCUT2D eigenvalue weighted by Crippen LogP contribution is -2.10. The third kappa shape index (κ3) is 2.85. The van der Waals surface area contributed by atoms with Gasteiger partial charge in [-0.2, -0.15) is 4.98 Å². The number of hydrogen-bond donors (Lipinski definition) is 1. The summed E-state index contributed by atoms with van der Waals surface area (Å²) < 4.78 is 5.12. The Morgan fingerprint density at radius 1 is 1.41 bits per heavy atom. The summed E-state index contributed by atoms with van der Waals surface area (Å²) in [5.41, 5.74) is 6.53. The van der Waals surface area contributed by atoms with Gasteiger partial charge in [-0.25, -0.2) is 4.98 Å². The average molecular weight is 233 g/mol. The summed E-state index contributed by atoms with van der Waals surface area (Å²) in [4.78, 5) is 12.3. The summed E-state index contributed by atoms with van der Waals surface area (Å²) in [6, 6.07) is -0.201. The molecule has 1 atom stereocenters. The van der Waals surface area contributed by atoms with Crippen LogP contribution in [0.15, 0.2) is 23.1 Å². The number of nitrogens with two attached hydrogens (primary N) is 1. The molecule has 2 heterocycles. The van der Waals surface area contributed by atoms with E-state index < -0.39 is 0 Å². The first kappa shape index (κ1) is 11.7.